The van der Waals surface area contributed by atoms with Crippen molar-refractivity contribution in [3.63, 3.8) is 0 Å². The van der Waals surface area contributed by atoms with Crippen molar-refractivity contribution in [3.8, 4) is 10.6 Å². The summed E-state index contributed by atoms with van der Waals surface area (Å²) in [5.74, 6) is 0.899. The van der Waals surface area contributed by atoms with Crippen molar-refractivity contribution >= 4 is 27.0 Å². The van der Waals surface area contributed by atoms with E-state index < -0.39 is 9.84 Å². The van der Waals surface area contributed by atoms with E-state index in [9.17, 15) is 8.42 Å². The number of nitrogens with zero attached hydrogens (tertiary/aromatic N) is 2. The number of sulfone groups is 1. The largest absolute Gasteiger partial charge is 0.384 e. The smallest absolute Gasteiger partial charge is 0.152 e. The van der Waals surface area contributed by atoms with Gasteiger partial charge in [-0.2, -0.15) is 5.10 Å². The minimum absolute atomic E-state index is 0.129. The fourth-order valence-electron chi connectivity index (χ4n) is 2.49. The van der Waals surface area contributed by atoms with E-state index in [1.54, 1.807) is 16.0 Å². The predicted octanol–water partition coefficient (Wildman–Crippen LogP) is 2.17. The van der Waals surface area contributed by atoms with Crippen LogP contribution in [0.15, 0.2) is 12.1 Å². The minimum atomic E-state index is -2.93. The Morgan fingerprint density at radius 1 is 1.40 bits per heavy atom. The van der Waals surface area contributed by atoms with Crippen LogP contribution in [0, 0.1) is 13.8 Å². The molecule has 1 unspecified atom stereocenters. The van der Waals surface area contributed by atoms with Crippen molar-refractivity contribution in [2.24, 2.45) is 0 Å². The molecule has 0 bridgehead atoms. The van der Waals surface area contributed by atoms with Crippen molar-refractivity contribution in [2.75, 3.05) is 17.2 Å². The molecule has 3 rings (SSSR count). The van der Waals surface area contributed by atoms with Gasteiger partial charge in [-0.15, -0.1) is 11.3 Å². The van der Waals surface area contributed by atoms with Crippen LogP contribution in [0.4, 0.5) is 5.82 Å². The Bertz CT molecular complexity index is 739. The molecule has 0 radical (unpaired) electrons. The summed E-state index contributed by atoms with van der Waals surface area (Å²) in [5, 5.41) is 4.52. The van der Waals surface area contributed by atoms with Crippen molar-refractivity contribution in [1.82, 2.24) is 9.78 Å². The number of nitrogens with two attached hydrogens (primary N) is 1. The second kappa shape index (κ2) is 4.60. The molecule has 1 aliphatic heterocycles. The van der Waals surface area contributed by atoms with Gasteiger partial charge >= 0.3 is 0 Å². The average molecular weight is 311 g/mol. The van der Waals surface area contributed by atoms with Crippen LogP contribution in [0.3, 0.4) is 0 Å². The Kier molecular flexibility index (Phi) is 3.13. The molecular formula is C13H17N3O2S2. The summed E-state index contributed by atoms with van der Waals surface area (Å²) >= 11 is 1.68. The van der Waals surface area contributed by atoms with E-state index in [2.05, 4.69) is 25.0 Å². The van der Waals surface area contributed by atoms with Gasteiger partial charge in [-0.1, -0.05) is 0 Å². The van der Waals surface area contributed by atoms with E-state index in [0.29, 0.717) is 12.2 Å². The number of thiophene rings is 1. The van der Waals surface area contributed by atoms with E-state index in [4.69, 9.17) is 5.73 Å². The third kappa shape index (κ3) is 2.35. The maximum absolute atomic E-state index is 11.6. The molecular weight excluding hydrogens is 294 g/mol. The van der Waals surface area contributed by atoms with Gasteiger partial charge in [0.05, 0.1) is 22.4 Å². The van der Waals surface area contributed by atoms with Crippen LogP contribution in [-0.4, -0.2) is 29.7 Å². The summed E-state index contributed by atoms with van der Waals surface area (Å²) < 4.78 is 24.8. The number of hydrogen-bond donors (Lipinski definition) is 1. The number of aryl methyl sites for hydroxylation is 2. The fraction of sp³-hybridized carbons (Fsp3) is 0.462. The van der Waals surface area contributed by atoms with Gasteiger partial charge < -0.3 is 5.73 Å². The molecule has 1 saturated heterocycles. The molecule has 0 amide bonds. The molecule has 2 aromatic rings. The predicted molar refractivity (Wildman–Crippen MR) is 81.7 cm³/mol. The zero-order valence-electron chi connectivity index (χ0n) is 11.5. The van der Waals surface area contributed by atoms with Gasteiger partial charge in [0.1, 0.15) is 11.5 Å². The summed E-state index contributed by atoms with van der Waals surface area (Å²) in [4.78, 5) is 2.34. The van der Waals surface area contributed by atoms with Crippen LogP contribution in [0.1, 0.15) is 22.9 Å². The zero-order chi connectivity index (χ0) is 14.5. The lowest BCUT2D eigenvalue weighted by atomic mass is 10.2. The summed E-state index contributed by atoms with van der Waals surface area (Å²) in [6, 6.07) is 3.79. The van der Waals surface area contributed by atoms with Crippen molar-refractivity contribution in [3.05, 3.63) is 22.6 Å². The first-order chi connectivity index (χ1) is 9.35. The van der Waals surface area contributed by atoms with Gasteiger partial charge in [-0.05, 0) is 31.9 Å². The molecule has 108 valence electrons. The quantitative estimate of drug-likeness (QED) is 0.922. The molecule has 20 heavy (non-hydrogen) atoms. The molecule has 1 fully saturated rings. The van der Waals surface area contributed by atoms with Crippen LogP contribution >= 0.6 is 11.3 Å². The van der Waals surface area contributed by atoms with Gasteiger partial charge in [0.2, 0.25) is 0 Å². The molecule has 2 aromatic heterocycles. The highest BCUT2D eigenvalue weighted by molar-refractivity contribution is 7.91. The maximum Gasteiger partial charge on any atom is 0.152 e. The standard InChI is InChI=1S/C13H17N3O2S2/c1-8-5-12(19-9(8)2)11-6-13(14)16(15-11)10-3-4-20(17,18)7-10/h5-6,10H,3-4,7,14H2,1-2H3. The summed E-state index contributed by atoms with van der Waals surface area (Å²) in [7, 11) is -2.93. The SMILES string of the molecule is Cc1cc(-c2cc(N)n(C3CCS(=O)(=O)C3)n2)sc1C. The first-order valence-corrected chi connectivity index (χ1v) is 9.12. The molecule has 0 spiro atoms. The Morgan fingerprint density at radius 2 is 2.15 bits per heavy atom. The maximum atomic E-state index is 11.6. The fourth-order valence-corrected chi connectivity index (χ4v) is 5.17. The Balaban J connectivity index is 1.95. The van der Waals surface area contributed by atoms with Crippen molar-refractivity contribution in [2.45, 2.75) is 26.3 Å². The zero-order valence-corrected chi connectivity index (χ0v) is 13.1. The number of aromatic nitrogens is 2. The summed E-state index contributed by atoms with van der Waals surface area (Å²) in [6.45, 7) is 4.15. The molecule has 0 aliphatic carbocycles. The van der Waals surface area contributed by atoms with Gasteiger partial charge in [0.15, 0.2) is 9.84 Å². The topological polar surface area (TPSA) is 78.0 Å². The van der Waals surface area contributed by atoms with Crippen LogP contribution < -0.4 is 5.73 Å². The highest BCUT2D eigenvalue weighted by Crippen LogP contribution is 2.33. The molecule has 0 aromatic carbocycles. The third-order valence-corrected chi connectivity index (χ3v) is 6.66. The average Bonchev–Trinajstić information content (AvgIpc) is 2.99. The van der Waals surface area contributed by atoms with E-state index in [1.807, 2.05) is 6.07 Å². The van der Waals surface area contributed by atoms with Gasteiger partial charge in [0.25, 0.3) is 0 Å². The molecule has 0 saturated carbocycles. The first-order valence-electron chi connectivity index (χ1n) is 6.48. The van der Waals surface area contributed by atoms with Crippen LogP contribution in [0.25, 0.3) is 10.6 Å². The molecule has 5 nitrogen and oxygen atoms in total. The van der Waals surface area contributed by atoms with E-state index in [-0.39, 0.29) is 17.5 Å². The lowest BCUT2D eigenvalue weighted by Crippen LogP contribution is -2.14. The second-order valence-corrected chi connectivity index (χ2v) is 8.79. The highest BCUT2D eigenvalue weighted by atomic mass is 32.2. The van der Waals surface area contributed by atoms with Gasteiger partial charge in [-0.25, -0.2) is 13.1 Å². The first kappa shape index (κ1) is 13.6. The number of anilines is 1. The molecule has 1 atom stereocenters. The van der Waals surface area contributed by atoms with Crippen LogP contribution in [0.5, 0.6) is 0 Å². The van der Waals surface area contributed by atoms with Crippen molar-refractivity contribution in [1.29, 1.82) is 0 Å². The normalized spacial score (nSPS) is 21.4. The van der Waals surface area contributed by atoms with E-state index in [0.717, 1.165) is 10.6 Å². The third-order valence-electron chi connectivity index (χ3n) is 3.74. The molecule has 7 heteroatoms. The van der Waals surface area contributed by atoms with E-state index >= 15 is 0 Å². The van der Waals surface area contributed by atoms with Crippen molar-refractivity contribution < 1.29 is 8.42 Å². The Labute approximate surface area is 122 Å². The highest BCUT2D eigenvalue weighted by Gasteiger charge is 2.31. The lowest BCUT2D eigenvalue weighted by molar-refractivity contribution is 0.508. The summed E-state index contributed by atoms with van der Waals surface area (Å²) in [6.07, 6.45) is 0.593. The second-order valence-electron chi connectivity index (χ2n) is 5.31. The molecule has 3 heterocycles. The Morgan fingerprint density at radius 3 is 2.70 bits per heavy atom. The van der Waals surface area contributed by atoms with Gasteiger partial charge in [-0.3, -0.25) is 0 Å². The number of rotatable bonds is 2. The number of nitrogen functional groups attached to an aromatic ring is 1. The molecule has 1 aliphatic rings. The number of hydrogen-bond acceptors (Lipinski definition) is 5. The molecule has 2 N–H and O–H groups in total. The summed E-state index contributed by atoms with van der Waals surface area (Å²) in [5.41, 5.74) is 8.07. The minimum Gasteiger partial charge on any atom is -0.384 e. The van der Waals surface area contributed by atoms with Gasteiger partial charge in [0, 0.05) is 10.9 Å². The lowest BCUT2D eigenvalue weighted by Gasteiger charge is -2.09. The Hall–Kier alpha value is -1.34. The van der Waals surface area contributed by atoms with Crippen LogP contribution in [-0.2, 0) is 9.84 Å². The van der Waals surface area contributed by atoms with E-state index in [1.165, 1.54) is 10.4 Å². The van der Waals surface area contributed by atoms with Crippen LogP contribution in [0.2, 0.25) is 0 Å². The monoisotopic (exact) mass is 311 g/mol.